The van der Waals surface area contributed by atoms with Crippen LogP contribution in [0.1, 0.15) is 25.7 Å². The van der Waals surface area contributed by atoms with Crippen LogP contribution in [0.15, 0.2) is 0 Å². The highest BCUT2D eigenvalue weighted by Gasteiger charge is 2.16. The Kier molecular flexibility index (Phi) is 7.41. The Morgan fingerprint density at radius 2 is 1.72 bits per heavy atom. The molecule has 0 saturated carbocycles. The Morgan fingerprint density at radius 1 is 1.11 bits per heavy atom. The second kappa shape index (κ2) is 7.70. The number of esters is 1. The zero-order valence-electron chi connectivity index (χ0n) is 10.5. The maximum Gasteiger partial charge on any atom is 0.305 e. The Labute approximate surface area is 108 Å². The zero-order valence-corrected chi connectivity index (χ0v) is 12.1. The average molecular weight is 301 g/mol. The van der Waals surface area contributed by atoms with Gasteiger partial charge in [0.15, 0.2) is 14.9 Å². The first-order valence-electron chi connectivity index (χ1n) is 5.38. The van der Waals surface area contributed by atoms with Gasteiger partial charge >= 0.3 is 5.97 Å². The van der Waals surface area contributed by atoms with Gasteiger partial charge in [-0.15, -0.1) is 0 Å². The molecule has 0 atom stereocenters. The second-order valence-electron chi connectivity index (χ2n) is 3.94. The third-order valence-corrected chi connectivity index (χ3v) is 5.57. The van der Waals surface area contributed by atoms with Crippen LogP contribution in [0.2, 0.25) is 0 Å². The van der Waals surface area contributed by atoms with Gasteiger partial charge in [-0.05, 0) is 12.8 Å². The van der Waals surface area contributed by atoms with Gasteiger partial charge in [0.25, 0.3) is 0 Å². The van der Waals surface area contributed by atoms with Crippen LogP contribution in [0.5, 0.6) is 0 Å². The van der Waals surface area contributed by atoms with Crippen LogP contribution < -0.4 is 4.72 Å². The van der Waals surface area contributed by atoms with Crippen LogP contribution in [0, 0.1) is 0 Å². The monoisotopic (exact) mass is 301 g/mol. The van der Waals surface area contributed by atoms with Crippen LogP contribution in [-0.4, -0.2) is 47.8 Å². The quantitative estimate of drug-likeness (QED) is 0.460. The minimum absolute atomic E-state index is 0.166. The predicted octanol–water partition coefficient (Wildman–Crippen LogP) is -0.359. The van der Waals surface area contributed by atoms with E-state index < -0.39 is 24.9 Å². The Morgan fingerprint density at radius 3 is 2.22 bits per heavy atom. The lowest BCUT2D eigenvalue weighted by Crippen LogP contribution is -2.30. The van der Waals surface area contributed by atoms with E-state index in [4.69, 9.17) is 0 Å². The van der Waals surface area contributed by atoms with Crippen molar-refractivity contribution in [1.29, 1.82) is 0 Å². The molecule has 108 valence electrons. The van der Waals surface area contributed by atoms with E-state index in [2.05, 4.69) is 9.46 Å². The van der Waals surface area contributed by atoms with Crippen LogP contribution in [0.4, 0.5) is 0 Å². The van der Waals surface area contributed by atoms with Gasteiger partial charge in [-0.2, -0.15) is 0 Å². The Hall–Kier alpha value is -0.670. The summed E-state index contributed by atoms with van der Waals surface area (Å²) in [4.78, 5) is 10.8. The third kappa shape index (κ3) is 10.5. The van der Waals surface area contributed by atoms with Gasteiger partial charge in [0.2, 0.25) is 10.0 Å². The predicted molar refractivity (Wildman–Crippen MR) is 67.1 cm³/mol. The lowest BCUT2D eigenvalue weighted by Gasteiger charge is -2.05. The zero-order chi connectivity index (χ0) is 14.2. The molecule has 0 radical (unpaired) electrons. The minimum atomic E-state index is -3.78. The molecule has 0 saturated heterocycles. The minimum Gasteiger partial charge on any atom is -0.469 e. The fourth-order valence-electron chi connectivity index (χ4n) is 1.22. The van der Waals surface area contributed by atoms with Gasteiger partial charge in [-0.25, -0.2) is 21.6 Å². The maximum atomic E-state index is 11.3. The number of methoxy groups -OCH3 is 1. The smallest absolute Gasteiger partial charge is 0.305 e. The van der Waals surface area contributed by atoms with E-state index in [1.807, 2.05) is 0 Å². The van der Waals surface area contributed by atoms with Crippen molar-refractivity contribution in [3.05, 3.63) is 0 Å². The molecule has 0 aliphatic rings. The van der Waals surface area contributed by atoms with Gasteiger partial charge in [-0.3, -0.25) is 4.79 Å². The number of carbonyl (C=O) groups excluding carboxylic acids is 1. The molecule has 0 aliphatic heterocycles. The molecule has 0 aromatic heterocycles. The highest BCUT2D eigenvalue weighted by Crippen LogP contribution is 2.01. The van der Waals surface area contributed by atoms with Crippen LogP contribution in [0.25, 0.3) is 0 Å². The number of unbranched alkanes of at least 4 members (excludes halogenated alkanes) is 2. The number of rotatable bonds is 9. The van der Waals surface area contributed by atoms with Gasteiger partial charge in [0, 0.05) is 19.2 Å². The van der Waals surface area contributed by atoms with Gasteiger partial charge < -0.3 is 4.74 Å². The second-order valence-corrected chi connectivity index (χ2v) is 8.25. The molecule has 18 heavy (non-hydrogen) atoms. The van der Waals surface area contributed by atoms with E-state index in [0.717, 1.165) is 6.26 Å². The first-order chi connectivity index (χ1) is 8.16. The van der Waals surface area contributed by atoms with E-state index in [-0.39, 0.29) is 12.5 Å². The molecule has 0 fully saturated rings. The van der Waals surface area contributed by atoms with Crippen molar-refractivity contribution in [2.45, 2.75) is 25.7 Å². The molecule has 0 bridgehead atoms. The summed E-state index contributed by atoms with van der Waals surface area (Å²) in [5.41, 5.74) is 0. The standard InChI is InChI=1S/C9H19NO6S2/c1-16-9(11)6-4-3-5-7-10-18(14,15)8-17(2,12)13/h10H,3-8H2,1-2H3. The van der Waals surface area contributed by atoms with E-state index in [1.165, 1.54) is 7.11 Å². The molecule has 0 amide bonds. The third-order valence-electron chi connectivity index (χ3n) is 1.98. The lowest BCUT2D eigenvalue weighted by molar-refractivity contribution is -0.140. The fourth-order valence-corrected chi connectivity index (χ4v) is 4.27. The van der Waals surface area contributed by atoms with Crippen molar-refractivity contribution in [2.24, 2.45) is 0 Å². The summed E-state index contributed by atoms with van der Waals surface area (Å²) >= 11 is 0. The molecule has 0 aromatic carbocycles. The van der Waals surface area contributed by atoms with Crippen molar-refractivity contribution in [3.8, 4) is 0 Å². The topological polar surface area (TPSA) is 107 Å². The molecule has 1 N–H and O–H groups in total. The Bertz CT molecular complexity index is 453. The molecular formula is C9H19NO6S2. The van der Waals surface area contributed by atoms with Crippen LogP contribution in [-0.2, 0) is 29.4 Å². The number of carbonyl (C=O) groups is 1. The first-order valence-corrected chi connectivity index (χ1v) is 9.09. The molecule has 0 spiro atoms. The van der Waals surface area contributed by atoms with Gasteiger partial charge in [-0.1, -0.05) is 6.42 Å². The van der Waals surface area contributed by atoms with Crippen molar-refractivity contribution >= 4 is 25.8 Å². The number of nitrogens with one attached hydrogen (secondary N) is 1. The summed E-state index contributed by atoms with van der Waals surface area (Å²) in [5.74, 6) is -0.298. The summed E-state index contributed by atoms with van der Waals surface area (Å²) in [6.07, 6.45) is 2.98. The first kappa shape index (κ1) is 17.3. The van der Waals surface area contributed by atoms with Crippen LogP contribution >= 0.6 is 0 Å². The van der Waals surface area contributed by atoms with Crippen molar-refractivity contribution in [1.82, 2.24) is 4.72 Å². The normalized spacial score (nSPS) is 12.3. The summed E-state index contributed by atoms with van der Waals surface area (Å²) in [7, 11) is -6.03. The number of sulfonamides is 1. The van der Waals surface area contributed by atoms with E-state index in [1.54, 1.807) is 0 Å². The Balaban J connectivity index is 3.76. The van der Waals surface area contributed by atoms with Crippen molar-refractivity contribution in [3.63, 3.8) is 0 Å². The highest BCUT2D eigenvalue weighted by molar-refractivity contribution is 8.06. The fraction of sp³-hybridized carbons (Fsp3) is 0.889. The maximum absolute atomic E-state index is 11.3. The van der Waals surface area contributed by atoms with Crippen molar-refractivity contribution < 1.29 is 26.4 Å². The summed E-state index contributed by atoms with van der Waals surface area (Å²) in [6.45, 7) is 0.166. The number of sulfone groups is 1. The van der Waals surface area contributed by atoms with Gasteiger partial charge in [0.05, 0.1) is 7.11 Å². The largest absolute Gasteiger partial charge is 0.469 e. The number of ether oxygens (including phenoxy) is 1. The van der Waals surface area contributed by atoms with E-state index in [0.29, 0.717) is 25.7 Å². The molecular weight excluding hydrogens is 282 g/mol. The number of hydrogen-bond donors (Lipinski definition) is 1. The molecule has 0 aromatic rings. The average Bonchev–Trinajstić information content (AvgIpc) is 2.19. The van der Waals surface area contributed by atoms with E-state index >= 15 is 0 Å². The molecule has 0 unspecified atom stereocenters. The highest BCUT2D eigenvalue weighted by atomic mass is 32.3. The lowest BCUT2D eigenvalue weighted by atomic mass is 10.2. The summed E-state index contributed by atoms with van der Waals surface area (Å²) in [5, 5.41) is -0.901. The molecule has 7 nitrogen and oxygen atoms in total. The molecule has 0 heterocycles. The van der Waals surface area contributed by atoms with Crippen molar-refractivity contribution in [2.75, 3.05) is 25.0 Å². The molecule has 9 heteroatoms. The van der Waals surface area contributed by atoms with E-state index in [9.17, 15) is 21.6 Å². The van der Waals surface area contributed by atoms with Crippen LogP contribution in [0.3, 0.4) is 0 Å². The number of hydrogen-bond acceptors (Lipinski definition) is 6. The van der Waals surface area contributed by atoms with Gasteiger partial charge in [0.1, 0.15) is 0 Å². The molecule has 0 aliphatic carbocycles. The SMILES string of the molecule is COC(=O)CCCCCNS(=O)(=O)CS(C)(=O)=O. The molecule has 0 rings (SSSR count). The summed E-state index contributed by atoms with van der Waals surface area (Å²) < 4.78 is 50.8. The summed E-state index contributed by atoms with van der Waals surface area (Å²) in [6, 6.07) is 0.